The molecule has 66 valence electrons. The van der Waals surface area contributed by atoms with Crippen molar-refractivity contribution in [2.75, 3.05) is 13.6 Å². The van der Waals surface area contributed by atoms with Gasteiger partial charge in [0.15, 0.2) is 0 Å². The van der Waals surface area contributed by atoms with Gasteiger partial charge in [0.2, 0.25) is 0 Å². The summed E-state index contributed by atoms with van der Waals surface area (Å²) in [5.74, 6) is 0. The summed E-state index contributed by atoms with van der Waals surface area (Å²) in [4.78, 5) is 0. The Morgan fingerprint density at radius 3 is 2.50 bits per heavy atom. The van der Waals surface area contributed by atoms with Crippen LogP contribution < -0.4 is 5.32 Å². The Morgan fingerprint density at radius 2 is 1.92 bits per heavy atom. The molecular weight excluding hydrogens is 170 g/mol. The molecule has 0 saturated heterocycles. The monoisotopic (exact) mass is 183 g/mol. The van der Waals surface area contributed by atoms with Crippen molar-refractivity contribution >= 4 is 18.5 Å². The normalized spacial score (nSPS) is 9.75. The highest BCUT2D eigenvalue weighted by Gasteiger charge is 1.79. The third-order valence-electron chi connectivity index (χ3n) is 1.43. The number of rotatable bonds is 3. The molecule has 1 rings (SSSR count). The molecule has 0 saturated carbocycles. The summed E-state index contributed by atoms with van der Waals surface area (Å²) < 4.78 is 0. The lowest BCUT2D eigenvalue weighted by atomic mass is 10.2. The third kappa shape index (κ3) is 4.16. The van der Waals surface area contributed by atoms with Crippen LogP contribution >= 0.6 is 12.4 Å². The van der Waals surface area contributed by atoms with Gasteiger partial charge in [-0.25, -0.2) is 0 Å². The molecule has 1 aromatic rings. The van der Waals surface area contributed by atoms with Crippen LogP contribution in [0, 0.1) is 0 Å². The van der Waals surface area contributed by atoms with Crippen molar-refractivity contribution in [3.05, 3.63) is 42.0 Å². The van der Waals surface area contributed by atoms with Crippen LogP contribution in [0.25, 0.3) is 6.08 Å². The van der Waals surface area contributed by atoms with Crippen molar-refractivity contribution in [2.24, 2.45) is 0 Å². The molecule has 1 aromatic carbocycles. The van der Waals surface area contributed by atoms with E-state index in [4.69, 9.17) is 0 Å². The Balaban J connectivity index is 0.00000121. The summed E-state index contributed by atoms with van der Waals surface area (Å²) in [5, 5.41) is 3.05. The van der Waals surface area contributed by atoms with Crippen molar-refractivity contribution in [1.29, 1.82) is 0 Å². The first kappa shape index (κ1) is 11.2. The largest absolute Gasteiger partial charge is 0.316 e. The highest BCUT2D eigenvalue weighted by Crippen LogP contribution is 1.99. The second-order valence-electron chi connectivity index (χ2n) is 2.37. The van der Waals surface area contributed by atoms with Crippen LogP contribution in [0.15, 0.2) is 36.4 Å². The Bertz CT molecular complexity index is 219. The topological polar surface area (TPSA) is 12.0 Å². The van der Waals surface area contributed by atoms with Gasteiger partial charge in [0.1, 0.15) is 0 Å². The van der Waals surface area contributed by atoms with Crippen LogP contribution in [0.4, 0.5) is 0 Å². The minimum absolute atomic E-state index is 0. The number of halogens is 1. The molecule has 0 radical (unpaired) electrons. The molecule has 2 heteroatoms. The van der Waals surface area contributed by atoms with Crippen LogP contribution in [-0.4, -0.2) is 13.6 Å². The van der Waals surface area contributed by atoms with Gasteiger partial charge in [0.25, 0.3) is 0 Å². The molecule has 0 heterocycles. The number of hydrogen-bond acceptors (Lipinski definition) is 1. The van der Waals surface area contributed by atoms with Crippen molar-refractivity contribution in [3.63, 3.8) is 0 Å². The van der Waals surface area contributed by atoms with E-state index in [1.807, 2.05) is 25.2 Å². The van der Waals surface area contributed by atoms with Crippen LogP contribution in [0.2, 0.25) is 0 Å². The van der Waals surface area contributed by atoms with Gasteiger partial charge in [-0.3, -0.25) is 0 Å². The van der Waals surface area contributed by atoms with E-state index in [9.17, 15) is 0 Å². The predicted octanol–water partition coefficient (Wildman–Crippen LogP) is 2.34. The Morgan fingerprint density at radius 1 is 1.25 bits per heavy atom. The van der Waals surface area contributed by atoms with Gasteiger partial charge in [0.05, 0.1) is 0 Å². The smallest absolute Gasteiger partial charge is 0.0135 e. The van der Waals surface area contributed by atoms with E-state index in [1.165, 1.54) is 5.56 Å². The average Bonchev–Trinajstić information content (AvgIpc) is 2.07. The van der Waals surface area contributed by atoms with Gasteiger partial charge in [-0.1, -0.05) is 42.5 Å². The van der Waals surface area contributed by atoms with Gasteiger partial charge in [-0.05, 0) is 12.6 Å². The van der Waals surface area contributed by atoms with E-state index < -0.39 is 0 Å². The molecule has 0 spiro atoms. The molecule has 0 aromatic heterocycles. The maximum Gasteiger partial charge on any atom is 0.0135 e. The first-order valence-corrected chi connectivity index (χ1v) is 3.79. The van der Waals surface area contributed by atoms with Crippen molar-refractivity contribution in [1.82, 2.24) is 5.32 Å². The number of benzene rings is 1. The quantitative estimate of drug-likeness (QED) is 0.759. The summed E-state index contributed by atoms with van der Waals surface area (Å²) in [7, 11) is 1.94. The highest BCUT2D eigenvalue weighted by atomic mass is 35.5. The molecule has 0 aliphatic rings. The fourth-order valence-electron chi connectivity index (χ4n) is 0.877. The lowest BCUT2D eigenvalue weighted by molar-refractivity contribution is 0.922. The molecule has 1 nitrogen and oxygen atoms in total. The van der Waals surface area contributed by atoms with E-state index in [0.717, 1.165) is 6.54 Å². The molecular formula is C10H14ClN. The summed E-state index contributed by atoms with van der Waals surface area (Å²) in [6.07, 6.45) is 4.21. The van der Waals surface area contributed by atoms with Gasteiger partial charge in [-0.15, -0.1) is 12.4 Å². The zero-order chi connectivity index (χ0) is 7.94. The van der Waals surface area contributed by atoms with Crippen LogP contribution in [0.1, 0.15) is 5.56 Å². The average molecular weight is 184 g/mol. The zero-order valence-corrected chi connectivity index (χ0v) is 7.97. The minimum Gasteiger partial charge on any atom is -0.316 e. The number of nitrogens with one attached hydrogen (secondary N) is 1. The van der Waals surface area contributed by atoms with Crippen LogP contribution in [0.5, 0.6) is 0 Å². The van der Waals surface area contributed by atoms with E-state index in [1.54, 1.807) is 0 Å². The standard InChI is InChI=1S/C10H13N.ClH/c1-11-9-5-8-10-6-3-2-4-7-10;/h2-8,11H,9H2,1H3;1H. The molecule has 0 atom stereocenters. The van der Waals surface area contributed by atoms with E-state index in [2.05, 4.69) is 29.6 Å². The lowest BCUT2D eigenvalue weighted by Crippen LogP contribution is -2.03. The van der Waals surface area contributed by atoms with Crippen molar-refractivity contribution in [3.8, 4) is 0 Å². The molecule has 0 aliphatic carbocycles. The van der Waals surface area contributed by atoms with Gasteiger partial charge in [0, 0.05) is 6.54 Å². The van der Waals surface area contributed by atoms with Gasteiger partial charge >= 0.3 is 0 Å². The summed E-state index contributed by atoms with van der Waals surface area (Å²) >= 11 is 0. The molecule has 0 bridgehead atoms. The fourth-order valence-corrected chi connectivity index (χ4v) is 0.877. The second-order valence-corrected chi connectivity index (χ2v) is 2.37. The number of hydrogen-bond donors (Lipinski definition) is 1. The molecule has 12 heavy (non-hydrogen) atoms. The molecule has 0 amide bonds. The molecule has 0 aliphatic heterocycles. The first-order valence-electron chi connectivity index (χ1n) is 3.79. The van der Waals surface area contributed by atoms with Crippen LogP contribution in [0.3, 0.4) is 0 Å². The maximum absolute atomic E-state index is 3.05. The summed E-state index contributed by atoms with van der Waals surface area (Å²) in [5.41, 5.74) is 1.25. The fraction of sp³-hybridized carbons (Fsp3) is 0.200. The van der Waals surface area contributed by atoms with Crippen molar-refractivity contribution in [2.45, 2.75) is 0 Å². The van der Waals surface area contributed by atoms with Gasteiger partial charge < -0.3 is 5.32 Å². The summed E-state index contributed by atoms with van der Waals surface area (Å²) in [6.45, 7) is 0.925. The molecule has 1 N–H and O–H groups in total. The Hall–Kier alpha value is -0.790. The van der Waals surface area contributed by atoms with Crippen molar-refractivity contribution < 1.29 is 0 Å². The minimum atomic E-state index is 0. The van der Waals surface area contributed by atoms with E-state index in [0.29, 0.717) is 0 Å². The lowest BCUT2D eigenvalue weighted by Gasteiger charge is -1.90. The first-order chi connectivity index (χ1) is 5.43. The SMILES string of the molecule is CNCC=Cc1ccccc1.Cl. The molecule has 0 fully saturated rings. The second kappa shape index (κ2) is 6.89. The summed E-state index contributed by atoms with van der Waals surface area (Å²) in [6, 6.07) is 10.3. The predicted molar refractivity (Wildman–Crippen MR) is 56.7 cm³/mol. The molecule has 0 unspecified atom stereocenters. The Labute approximate surface area is 79.9 Å². The Kier molecular flexibility index (Phi) is 6.44. The highest BCUT2D eigenvalue weighted by molar-refractivity contribution is 5.85. The van der Waals surface area contributed by atoms with E-state index in [-0.39, 0.29) is 12.4 Å². The number of likely N-dealkylation sites (N-methyl/N-ethyl adjacent to an activating group) is 1. The van der Waals surface area contributed by atoms with Gasteiger partial charge in [-0.2, -0.15) is 0 Å². The zero-order valence-electron chi connectivity index (χ0n) is 7.16. The van der Waals surface area contributed by atoms with E-state index >= 15 is 0 Å². The maximum atomic E-state index is 3.05. The third-order valence-corrected chi connectivity index (χ3v) is 1.43. The van der Waals surface area contributed by atoms with Crippen LogP contribution in [-0.2, 0) is 0 Å².